The van der Waals surface area contributed by atoms with Crippen LogP contribution in [0.1, 0.15) is 233 Å². The molecule has 0 amide bonds. The van der Waals surface area contributed by atoms with E-state index in [1.807, 2.05) is 104 Å². The van der Waals surface area contributed by atoms with Gasteiger partial charge in [-0.05, 0) is 245 Å². The van der Waals surface area contributed by atoms with Crippen LogP contribution < -0.4 is 32.4 Å². The number of allylic oxidation sites excluding steroid dienone is 5. The number of hydrogen-bond donors (Lipinski definition) is 8. The summed E-state index contributed by atoms with van der Waals surface area (Å²) < 4.78 is 18.6. The van der Waals surface area contributed by atoms with Crippen LogP contribution in [-0.2, 0) is 32.0 Å². The SMILES string of the molecule is CC(=O)c1c(C2CCC(C(=O)O)CC2)nc2c(-c3ccc(C4=CCC=N4)nc3)cnn2c1N.CCc1cc(-c2ccc(-c3cnn4c(N)c(Br)c(C5CCC(C(=O)O)CC5)nc34)cn2)ccc1OC.CCc1cc(-c2ccc(-c3cnn4c(N)c(C(C)=O)c(C5CCC(C(=O)O)CC5)nc34)cn2)ccc1OC.Nc1c(Br)c(C2CCC(C(=O)O)CC2)nc2c(-c3ccc(C4=CCC(Cl)=C4)nc3)cnn12. The van der Waals surface area contributed by atoms with E-state index in [0.717, 1.165) is 189 Å². The van der Waals surface area contributed by atoms with Gasteiger partial charge in [-0.3, -0.25) is 53.7 Å². The topological polar surface area (TPSA) is 491 Å². The van der Waals surface area contributed by atoms with Crippen molar-refractivity contribution in [3.05, 3.63) is 223 Å². The van der Waals surface area contributed by atoms with E-state index in [-0.39, 0.29) is 70.5 Å². The minimum absolute atomic E-state index is 0.0257. The van der Waals surface area contributed by atoms with Gasteiger partial charge in [-0.25, -0.2) is 19.9 Å². The van der Waals surface area contributed by atoms with Crippen molar-refractivity contribution in [2.45, 2.75) is 180 Å². The van der Waals surface area contributed by atoms with Crippen molar-refractivity contribution in [2.75, 3.05) is 37.2 Å². The lowest BCUT2D eigenvalue weighted by atomic mass is 9.79. The number of rotatable bonds is 22. The number of benzene rings is 2. The number of aryl methyl sites for hydroxylation is 2. The van der Waals surface area contributed by atoms with E-state index < -0.39 is 23.9 Å². The fourth-order valence-electron chi connectivity index (χ4n) is 19.7. The van der Waals surface area contributed by atoms with Crippen LogP contribution in [0.2, 0.25) is 0 Å². The van der Waals surface area contributed by atoms with Crippen molar-refractivity contribution >= 4 is 142 Å². The summed E-state index contributed by atoms with van der Waals surface area (Å²) in [6.07, 6.45) is 35.6. The first-order valence-electron chi connectivity index (χ1n) is 46.5. The van der Waals surface area contributed by atoms with Crippen molar-refractivity contribution in [2.24, 2.45) is 28.7 Å². The number of Topliss-reactive ketones (excluding diaryl/α,β-unsaturated/α-hetero) is 2. The molecule has 14 aromatic rings. The van der Waals surface area contributed by atoms with E-state index in [4.69, 9.17) is 73.9 Å². The molecule has 12 N–H and O–H groups in total. The molecule has 20 rings (SSSR count). The molecule has 12 aromatic heterocycles. The molecule has 6 aliphatic rings. The van der Waals surface area contributed by atoms with E-state index in [9.17, 15) is 49.2 Å². The third-order valence-corrected chi connectivity index (χ3v) is 29.4. The molecule has 2 aromatic carbocycles. The van der Waals surface area contributed by atoms with Crippen molar-refractivity contribution in [1.29, 1.82) is 0 Å². The molecule has 714 valence electrons. The molecule has 36 heteroatoms. The highest BCUT2D eigenvalue weighted by Crippen LogP contribution is 2.47. The minimum Gasteiger partial charge on any atom is -0.496 e. The fraction of sp³-hybridized carbons (Fsp3) is 0.330. The minimum atomic E-state index is -0.771. The Kier molecular flexibility index (Phi) is 28.8. The van der Waals surface area contributed by atoms with Crippen LogP contribution in [0.25, 0.3) is 101 Å². The normalized spacial score (nSPS) is 19.0. The number of nitrogens with two attached hydrogens (primary N) is 4. The van der Waals surface area contributed by atoms with Crippen LogP contribution in [0.3, 0.4) is 0 Å². The van der Waals surface area contributed by atoms with Crippen molar-refractivity contribution in [3.8, 4) is 78.5 Å². The quantitative estimate of drug-likeness (QED) is 0.0292. The van der Waals surface area contributed by atoms with E-state index in [0.29, 0.717) is 134 Å². The molecule has 0 radical (unpaired) electrons. The van der Waals surface area contributed by atoms with Gasteiger partial charge in [0, 0.05) is 128 Å². The molecule has 0 bridgehead atoms. The van der Waals surface area contributed by atoms with Gasteiger partial charge in [0.1, 0.15) is 34.8 Å². The number of ether oxygens (including phenoxy) is 2. The van der Waals surface area contributed by atoms with E-state index in [2.05, 4.69) is 99.3 Å². The number of aliphatic carboxylic acids is 4. The molecule has 5 aliphatic carbocycles. The summed E-state index contributed by atoms with van der Waals surface area (Å²) in [5.74, 6) is -1.15. The highest BCUT2D eigenvalue weighted by Gasteiger charge is 2.37. The fourth-order valence-corrected chi connectivity index (χ4v) is 21.1. The number of nitrogen functional groups attached to an aromatic ring is 4. The number of fused-ring (bicyclic) bond motifs is 4. The zero-order valence-electron chi connectivity index (χ0n) is 77.4. The average Bonchev–Trinajstić information content (AvgIpc) is 1.78. The van der Waals surface area contributed by atoms with Crippen molar-refractivity contribution < 1.29 is 58.7 Å². The number of pyridine rings is 4. The first kappa shape index (κ1) is 96.4. The van der Waals surface area contributed by atoms with Crippen molar-refractivity contribution in [3.63, 3.8) is 0 Å². The molecule has 0 spiro atoms. The number of carbonyl (C=O) groups excluding carboxylic acids is 2. The Balaban J connectivity index is 0.000000128. The molecule has 0 atom stereocenters. The number of ketones is 2. The highest BCUT2D eigenvalue weighted by molar-refractivity contribution is 9.11. The molecule has 4 fully saturated rings. The number of hydrogen-bond acceptors (Lipinski definition) is 25. The maximum atomic E-state index is 12.6. The summed E-state index contributed by atoms with van der Waals surface area (Å²) in [5.41, 5.74) is 48.1. The molecular formula is C103H104Br2ClN21O12. The standard InChI is InChI=1S/C29H31N5O4.C27H28BrN5O3.C24H24N6O3.C23H21BrClN5O2/c1-4-17-13-20(10-12-24(17)38-3)23-11-9-21(14-31-23)22-15-32-34-27(30)25(16(2)35)26(33-28(22)34)18-5-7-19(8-6-18)29(36)37;1-3-15-12-18(9-11-22(15)36-2)21-10-8-19(13-30-21)20-14-31-33-25(29)23(28)24(32-26(20)33)16-4-6-17(7-5-16)27(34)35;1-13(31)20-21(14-4-6-15(7-5-14)24(32)33)29-23-17(12-28-30(23)22(20)25)16-8-9-19(27-11-16)18-3-2-10-26-18;24-19-20(12-1-3-13(4-2-12)23(31)32)29-22-17(11-28-30(22)21(19)26)15-6-8-18(27-10-15)14-5-7-16(25)9-14/h9-15,18-19H,4-8,30H2,1-3H3,(H,36,37);8-14,16-17H,3-7,29H2,1-2H3,(H,34,35);3,8-12,14-15H,2,4-7,25H2,1H3,(H,32,33);5-6,8-13H,1-4,7,26H2,(H,31,32). The lowest BCUT2D eigenvalue weighted by Gasteiger charge is -2.27. The summed E-state index contributed by atoms with van der Waals surface area (Å²) in [5, 5.41) is 55.9. The number of aliphatic imine (C=N–C) groups is 1. The number of nitrogens with zero attached hydrogens (tertiary/aromatic N) is 17. The van der Waals surface area contributed by atoms with Gasteiger partial charge >= 0.3 is 23.9 Å². The first-order valence-corrected chi connectivity index (χ1v) is 48.5. The molecule has 4 saturated carbocycles. The Morgan fingerprint density at radius 3 is 0.993 bits per heavy atom. The predicted molar refractivity (Wildman–Crippen MR) is 538 cm³/mol. The van der Waals surface area contributed by atoms with Gasteiger partial charge in [-0.15, -0.1) is 0 Å². The van der Waals surface area contributed by atoms with Gasteiger partial charge in [0.25, 0.3) is 0 Å². The zero-order valence-corrected chi connectivity index (χ0v) is 81.3. The number of carboxylic acid groups (broad SMARTS) is 4. The number of aromatic nitrogens is 16. The van der Waals surface area contributed by atoms with Crippen LogP contribution in [0.5, 0.6) is 11.5 Å². The second kappa shape index (κ2) is 41.5. The summed E-state index contributed by atoms with van der Waals surface area (Å²) in [4.78, 5) is 113. The first-order chi connectivity index (χ1) is 67.1. The zero-order chi connectivity index (χ0) is 97.9. The number of carboxylic acids is 4. The van der Waals surface area contributed by atoms with Crippen molar-refractivity contribution in [1.82, 2.24) is 78.3 Å². The molecule has 139 heavy (non-hydrogen) atoms. The summed E-state index contributed by atoms with van der Waals surface area (Å²) >= 11 is 13.3. The van der Waals surface area contributed by atoms with Gasteiger partial charge in [-0.2, -0.15) is 38.5 Å². The van der Waals surface area contributed by atoms with E-state index in [1.165, 1.54) is 22.9 Å². The largest absolute Gasteiger partial charge is 0.496 e. The van der Waals surface area contributed by atoms with Gasteiger partial charge in [0.05, 0.1) is 134 Å². The van der Waals surface area contributed by atoms with Crippen LogP contribution in [-0.4, -0.2) is 155 Å². The Bertz CT molecular complexity index is 7250. The number of halogens is 3. The van der Waals surface area contributed by atoms with Crippen LogP contribution >= 0.6 is 43.5 Å². The maximum absolute atomic E-state index is 12.6. The van der Waals surface area contributed by atoms with Crippen LogP contribution in [0.4, 0.5) is 23.3 Å². The third-order valence-electron chi connectivity index (χ3n) is 27.5. The molecule has 1 aliphatic heterocycles. The number of methoxy groups -OCH3 is 2. The monoisotopic (exact) mass is 2020 g/mol. The van der Waals surface area contributed by atoms with Gasteiger partial charge in [0.2, 0.25) is 0 Å². The lowest BCUT2D eigenvalue weighted by molar-refractivity contribution is -0.143. The summed E-state index contributed by atoms with van der Waals surface area (Å²) in [6.45, 7) is 7.14. The Labute approximate surface area is 821 Å². The lowest BCUT2D eigenvalue weighted by Crippen LogP contribution is -2.23. The van der Waals surface area contributed by atoms with Crippen LogP contribution in [0, 0.1) is 23.7 Å². The Morgan fingerprint density at radius 2 is 0.712 bits per heavy atom. The van der Waals surface area contributed by atoms with Gasteiger partial charge in [0.15, 0.2) is 34.2 Å². The molecule has 0 saturated heterocycles. The number of anilines is 4. The van der Waals surface area contributed by atoms with Gasteiger partial charge in [-0.1, -0.05) is 61.9 Å². The van der Waals surface area contributed by atoms with E-state index in [1.54, 1.807) is 60.4 Å². The average molecular weight is 2020 g/mol. The molecule has 33 nitrogen and oxygen atoms in total. The van der Waals surface area contributed by atoms with E-state index >= 15 is 0 Å². The molecule has 13 heterocycles. The van der Waals surface area contributed by atoms with Crippen LogP contribution in [0.15, 0.2) is 172 Å². The smallest absolute Gasteiger partial charge is 0.306 e. The highest BCUT2D eigenvalue weighted by atomic mass is 79.9. The Morgan fingerprint density at radius 1 is 0.403 bits per heavy atom. The maximum Gasteiger partial charge on any atom is 0.306 e. The molecular weight excluding hydrogens is 1920 g/mol. The second-order valence-corrected chi connectivity index (χ2v) is 37.9. The summed E-state index contributed by atoms with van der Waals surface area (Å²) in [7, 11) is 3.35. The second-order valence-electron chi connectivity index (χ2n) is 35.8. The van der Waals surface area contributed by atoms with Gasteiger partial charge < -0.3 is 52.8 Å². The third kappa shape index (κ3) is 19.9. The summed E-state index contributed by atoms with van der Waals surface area (Å²) in [6, 6.07) is 27.9. The predicted octanol–water partition coefficient (Wildman–Crippen LogP) is 20.1. The Hall–Kier alpha value is -14.3. The number of carbonyl (C=O) groups is 6. The molecule has 0 unspecified atom stereocenters.